The molecule has 2 fully saturated rings. The quantitative estimate of drug-likeness (QED) is 0.688. The SMILES string of the molecule is CCCCN1C(=O)C2CCC(C)CC2C1=O. The highest BCUT2D eigenvalue weighted by molar-refractivity contribution is 6.05. The van der Waals surface area contributed by atoms with E-state index < -0.39 is 0 Å². The van der Waals surface area contributed by atoms with Crippen LogP contribution in [0.4, 0.5) is 0 Å². The van der Waals surface area contributed by atoms with Crippen molar-refractivity contribution in [3.8, 4) is 0 Å². The Balaban J connectivity index is 2.08. The van der Waals surface area contributed by atoms with Crippen LogP contribution in [-0.4, -0.2) is 23.3 Å². The number of fused-ring (bicyclic) bond motifs is 1. The molecule has 0 aromatic heterocycles. The van der Waals surface area contributed by atoms with Crippen molar-refractivity contribution >= 4 is 11.8 Å². The summed E-state index contributed by atoms with van der Waals surface area (Å²) in [4.78, 5) is 25.7. The predicted molar refractivity (Wildman–Crippen MR) is 61.6 cm³/mol. The van der Waals surface area contributed by atoms with Gasteiger partial charge < -0.3 is 0 Å². The third-order valence-corrected chi connectivity index (χ3v) is 4.01. The minimum atomic E-state index is 0.00751. The average Bonchev–Trinajstić information content (AvgIpc) is 2.50. The van der Waals surface area contributed by atoms with Crippen molar-refractivity contribution in [1.29, 1.82) is 0 Å². The summed E-state index contributed by atoms with van der Waals surface area (Å²) in [7, 11) is 0. The van der Waals surface area contributed by atoms with Crippen LogP contribution in [0.25, 0.3) is 0 Å². The molecular weight excluding hydrogens is 202 g/mol. The number of hydrogen-bond acceptors (Lipinski definition) is 2. The molecule has 1 heterocycles. The van der Waals surface area contributed by atoms with Crippen LogP contribution in [0.15, 0.2) is 0 Å². The summed E-state index contributed by atoms with van der Waals surface area (Å²) < 4.78 is 0. The maximum absolute atomic E-state index is 12.1. The number of likely N-dealkylation sites (tertiary alicyclic amines) is 1. The average molecular weight is 223 g/mol. The highest BCUT2D eigenvalue weighted by Gasteiger charge is 2.48. The Labute approximate surface area is 97.2 Å². The first-order chi connectivity index (χ1) is 7.65. The fourth-order valence-corrected chi connectivity index (χ4v) is 2.99. The summed E-state index contributed by atoms with van der Waals surface area (Å²) in [6, 6.07) is 0. The van der Waals surface area contributed by atoms with Gasteiger partial charge in [-0.05, 0) is 31.6 Å². The Kier molecular flexibility index (Phi) is 3.31. The van der Waals surface area contributed by atoms with E-state index in [9.17, 15) is 9.59 Å². The van der Waals surface area contributed by atoms with Gasteiger partial charge in [-0.1, -0.05) is 20.3 Å². The molecule has 0 N–H and O–H groups in total. The molecule has 1 aliphatic heterocycles. The number of unbranched alkanes of at least 4 members (excludes halogenated alkanes) is 1. The Bertz CT molecular complexity index is 300. The predicted octanol–water partition coefficient (Wildman–Crippen LogP) is 2.21. The molecule has 3 heteroatoms. The molecule has 16 heavy (non-hydrogen) atoms. The van der Waals surface area contributed by atoms with Gasteiger partial charge >= 0.3 is 0 Å². The summed E-state index contributed by atoms with van der Waals surface area (Å²) in [6.07, 6.45) is 4.90. The van der Waals surface area contributed by atoms with E-state index in [2.05, 4.69) is 13.8 Å². The Morgan fingerprint density at radius 3 is 2.56 bits per heavy atom. The highest BCUT2D eigenvalue weighted by Crippen LogP contribution is 2.40. The van der Waals surface area contributed by atoms with Gasteiger partial charge in [-0.3, -0.25) is 14.5 Å². The van der Waals surface area contributed by atoms with Crippen molar-refractivity contribution < 1.29 is 9.59 Å². The summed E-state index contributed by atoms with van der Waals surface area (Å²) >= 11 is 0. The molecule has 2 amide bonds. The number of nitrogens with zero attached hydrogens (tertiary/aromatic N) is 1. The van der Waals surface area contributed by atoms with Gasteiger partial charge in [0.05, 0.1) is 11.8 Å². The van der Waals surface area contributed by atoms with Crippen molar-refractivity contribution in [2.24, 2.45) is 17.8 Å². The maximum Gasteiger partial charge on any atom is 0.233 e. The molecule has 1 saturated heterocycles. The first-order valence-electron chi connectivity index (χ1n) is 6.50. The van der Waals surface area contributed by atoms with Crippen molar-refractivity contribution in [3.63, 3.8) is 0 Å². The minimum absolute atomic E-state index is 0.00751. The molecule has 3 nitrogen and oxygen atoms in total. The molecule has 3 unspecified atom stereocenters. The second-order valence-corrected chi connectivity index (χ2v) is 5.31. The van der Waals surface area contributed by atoms with Crippen molar-refractivity contribution in [3.05, 3.63) is 0 Å². The molecule has 2 aliphatic rings. The lowest BCUT2D eigenvalue weighted by atomic mass is 9.76. The molecule has 1 saturated carbocycles. The molecule has 3 atom stereocenters. The second-order valence-electron chi connectivity index (χ2n) is 5.31. The van der Waals surface area contributed by atoms with E-state index in [0.717, 1.165) is 32.1 Å². The van der Waals surface area contributed by atoms with E-state index in [1.807, 2.05) is 0 Å². The van der Waals surface area contributed by atoms with E-state index in [1.165, 1.54) is 4.90 Å². The van der Waals surface area contributed by atoms with Gasteiger partial charge in [-0.2, -0.15) is 0 Å². The lowest BCUT2D eigenvalue weighted by Gasteiger charge is -2.25. The largest absolute Gasteiger partial charge is 0.282 e. The normalized spacial score (nSPS) is 34.4. The van der Waals surface area contributed by atoms with Crippen LogP contribution in [0.5, 0.6) is 0 Å². The van der Waals surface area contributed by atoms with Gasteiger partial charge in [0.15, 0.2) is 0 Å². The fourth-order valence-electron chi connectivity index (χ4n) is 2.99. The third-order valence-electron chi connectivity index (χ3n) is 4.01. The third kappa shape index (κ3) is 1.87. The van der Waals surface area contributed by atoms with Crippen LogP contribution < -0.4 is 0 Å². The van der Waals surface area contributed by atoms with Gasteiger partial charge in [0.25, 0.3) is 0 Å². The van der Waals surface area contributed by atoms with Gasteiger partial charge in [0.2, 0.25) is 11.8 Å². The van der Waals surface area contributed by atoms with Crippen LogP contribution >= 0.6 is 0 Å². The van der Waals surface area contributed by atoms with Crippen LogP contribution in [0.1, 0.15) is 46.0 Å². The Morgan fingerprint density at radius 1 is 1.19 bits per heavy atom. The summed E-state index contributed by atoms with van der Waals surface area (Å²) in [5, 5.41) is 0. The zero-order valence-corrected chi connectivity index (χ0v) is 10.2. The van der Waals surface area contributed by atoms with Crippen LogP contribution in [-0.2, 0) is 9.59 Å². The zero-order chi connectivity index (χ0) is 11.7. The zero-order valence-electron chi connectivity index (χ0n) is 10.2. The van der Waals surface area contributed by atoms with E-state index >= 15 is 0 Å². The first-order valence-corrected chi connectivity index (χ1v) is 6.50. The van der Waals surface area contributed by atoms with E-state index in [4.69, 9.17) is 0 Å². The molecular formula is C13H21NO2. The number of carbonyl (C=O) groups excluding carboxylic acids is 2. The first kappa shape index (κ1) is 11.6. The van der Waals surface area contributed by atoms with E-state index in [1.54, 1.807) is 0 Å². The number of hydrogen-bond donors (Lipinski definition) is 0. The fraction of sp³-hybridized carbons (Fsp3) is 0.846. The topological polar surface area (TPSA) is 37.4 Å². The van der Waals surface area contributed by atoms with Crippen LogP contribution in [0.2, 0.25) is 0 Å². The van der Waals surface area contributed by atoms with E-state index in [-0.39, 0.29) is 23.7 Å². The molecule has 0 spiro atoms. The van der Waals surface area contributed by atoms with Gasteiger partial charge in [-0.25, -0.2) is 0 Å². The Hall–Kier alpha value is -0.860. The summed E-state index contributed by atoms with van der Waals surface area (Å²) in [5.74, 6) is 0.836. The second kappa shape index (κ2) is 4.56. The number of rotatable bonds is 3. The van der Waals surface area contributed by atoms with Crippen LogP contribution in [0.3, 0.4) is 0 Å². The number of carbonyl (C=O) groups is 2. The smallest absolute Gasteiger partial charge is 0.233 e. The van der Waals surface area contributed by atoms with Crippen molar-refractivity contribution in [1.82, 2.24) is 4.90 Å². The minimum Gasteiger partial charge on any atom is -0.282 e. The standard InChI is InChI=1S/C13H21NO2/c1-3-4-7-14-12(15)10-6-5-9(2)8-11(10)13(14)16/h9-11H,3-8H2,1-2H3. The number of amides is 2. The summed E-state index contributed by atoms with van der Waals surface area (Å²) in [5.41, 5.74) is 0. The molecule has 90 valence electrons. The van der Waals surface area contributed by atoms with Crippen LogP contribution in [0, 0.1) is 17.8 Å². The molecule has 2 rings (SSSR count). The Morgan fingerprint density at radius 2 is 1.88 bits per heavy atom. The highest BCUT2D eigenvalue weighted by atomic mass is 16.2. The molecule has 0 bridgehead atoms. The lowest BCUT2D eigenvalue weighted by Crippen LogP contribution is -2.31. The van der Waals surface area contributed by atoms with Crippen molar-refractivity contribution in [2.45, 2.75) is 46.0 Å². The lowest BCUT2D eigenvalue weighted by molar-refractivity contribution is -0.139. The van der Waals surface area contributed by atoms with E-state index in [0.29, 0.717) is 12.5 Å². The van der Waals surface area contributed by atoms with Crippen molar-refractivity contribution in [2.75, 3.05) is 6.54 Å². The maximum atomic E-state index is 12.1. The summed E-state index contributed by atoms with van der Waals surface area (Å²) in [6.45, 7) is 4.90. The molecule has 0 aromatic carbocycles. The monoisotopic (exact) mass is 223 g/mol. The molecule has 1 aliphatic carbocycles. The van der Waals surface area contributed by atoms with Gasteiger partial charge in [-0.15, -0.1) is 0 Å². The van der Waals surface area contributed by atoms with Gasteiger partial charge in [0, 0.05) is 6.54 Å². The van der Waals surface area contributed by atoms with Gasteiger partial charge in [0.1, 0.15) is 0 Å². The number of imide groups is 1. The molecule has 0 aromatic rings. The molecule has 0 radical (unpaired) electrons.